The zero-order valence-electron chi connectivity index (χ0n) is 12.4. The summed E-state index contributed by atoms with van der Waals surface area (Å²) in [5.41, 5.74) is 0. The lowest BCUT2D eigenvalue weighted by Crippen LogP contribution is -2.26. The molecule has 2 unspecified atom stereocenters. The Kier molecular flexibility index (Phi) is 5.46. The highest BCUT2D eigenvalue weighted by atomic mass is 16.5. The number of hydrogen-bond donors (Lipinski definition) is 1. The summed E-state index contributed by atoms with van der Waals surface area (Å²) in [4.78, 5) is 0. The highest BCUT2D eigenvalue weighted by Crippen LogP contribution is 2.30. The van der Waals surface area contributed by atoms with Crippen LogP contribution in [0.25, 0.3) is 0 Å². The van der Waals surface area contributed by atoms with Gasteiger partial charge in [0, 0.05) is 0 Å². The van der Waals surface area contributed by atoms with Gasteiger partial charge in [0.2, 0.25) is 0 Å². The molecule has 1 aliphatic carbocycles. The van der Waals surface area contributed by atoms with Crippen molar-refractivity contribution >= 4 is 0 Å². The lowest BCUT2D eigenvalue weighted by atomic mass is 9.82. The Morgan fingerprint density at radius 3 is 2.53 bits per heavy atom. The van der Waals surface area contributed by atoms with Gasteiger partial charge in [0.25, 0.3) is 0 Å². The van der Waals surface area contributed by atoms with E-state index in [1.807, 2.05) is 12.1 Å². The Labute approximate surface area is 116 Å². The third-order valence-electron chi connectivity index (χ3n) is 3.86. The van der Waals surface area contributed by atoms with E-state index in [4.69, 9.17) is 9.15 Å². The maximum absolute atomic E-state index is 6.01. The molecule has 1 fully saturated rings. The second kappa shape index (κ2) is 7.11. The minimum absolute atomic E-state index is 0.404. The lowest BCUT2D eigenvalue weighted by Gasteiger charge is -2.31. The van der Waals surface area contributed by atoms with Gasteiger partial charge < -0.3 is 14.5 Å². The van der Waals surface area contributed by atoms with Crippen molar-refractivity contribution in [2.75, 3.05) is 6.54 Å². The molecule has 108 valence electrons. The average Bonchev–Trinajstić information content (AvgIpc) is 2.81. The summed E-state index contributed by atoms with van der Waals surface area (Å²) in [6, 6.07) is 4.07. The summed E-state index contributed by atoms with van der Waals surface area (Å²) in [6.45, 7) is 9.12. The van der Waals surface area contributed by atoms with E-state index in [2.05, 4.69) is 26.1 Å². The highest BCUT2D eigenvalue weighted by molar-refractivity contribution is 5.06. The first-order valence-electron chi connectivity index (χ1n) is 7.57. The van der Waals surface area contributed by atoms with Crippen LogP contribution in [-0.4, -0.2) is 12.6 Å². The summed E-state index contributed by atoms with van der Waals surface area (Å²) < 4.78 is 11.8. The van der Waals surface area contributed by atoms with Gasteiger partial charge in [-0.15, -0.1) is 0 Å². The molecule has 1 aromatic heterocycles. The van der Waals surface area contributed by atoms with Crippen LogP contribution in [-0.2, 0) is 17.9 Å². The molecule has 0 radical (unpaired) electrons. The fourth-order valence-electron chi connectivity index (χ4n) is 3.05. The van der Waals surface area contributed by atoms with E-state index < -0.39 is 0 Å². The highest BCUT2D eigenvalue weighted by Gasteiger charge is 2.24. The van der Waals surface area contributed by atoms with Gasteiger partial charge in [-0.05, 0) is 49.8 Å². The largest absolute Gasteiger partial charge is 0.462 e. The molecule has 1 aliphatic rings. The lowest BCUT2D eigenvalue weighted by molar-refractivity contribution is -0.0159. The van der Waals surface area contributed by atoms with Crippen LogP contribution in [0.5, 0.6) is 0 Å². The first kappa shape index (κ1) is 14.6. The van der Waals surface area contributed by atoms with Crippen molar-refractivity contribution in [3.8, 4) is 0 Å². The Hall–Kier alpha value is -0.800. The van der Waals surface area contributed by atoms with E-state index in [0.29, 0.717) is 12.7 Å². The molecular formula is C16H27NO2. The van der Waals surface area contributed by atoms with Crippen molar-refractivity contribution in [1.82, 2.24) is 5.32 Å². The Morgan fingerprint density at radius 2 is 1.84 bits per heavy atom. The number of rotatable bonds is 6. The van der Waals surface area contributed by atoms with E-state index in [9.17, 15) is 0 Å². The van der Waals surface area contributed by atoms with Gasteiger partial charge in [-0.1, -0.05) is 20.8 Å². The van der Waals surface area contributed by atoms with Crippen LogP contribution in [0.15, 0.2) is 16.5 Å². The van der Waals surface area contributed by atoms with Crippen molar-refractivity contribution < 1.29 is 9.15 Å². The second-order valence-electron chi connectivity index (χ2n) is 6.00. The molecule has 0 bridgehead atoms. The molecule has 3 nitrogen and oxygen atoms in total. The van der Waals surface area contributed by atoms with Gasteiger partial charge in [0.15, 0.2) is 0 Å². The minimum atomic E-state index is 0.404. The number of ether oxygens (including phenoxy) is 1. The summed E-state index contributed by atoms with van der Waals surface area (Å²) in [7, 11) is 0. The van der Waals surface area contributed by atoms with Gasteiger partial charge in [-0.25, -0.2) is 0 Å². The van der Waals surface area contributed by atoms with Gasteiger partial charge in [-0.3, -0.25) is 0 Å². The standard InChI is InChI=1S/C16H27NO2/c1-4-17-10-14-5-6-15(19-14)11-18-16-8-12(2)7-13(3)9-16/h5-6,12-13,16-17H,4,7-11H2,1-3H3. The van der Waals surface area contributed by atoms with E-state index >= 15 is 0 Å². The normalized spacial score (nSPS) is 27.6. The van der Waals surface area contributed by atoms with Gasteiger partial charge in [0.1, 0.15) is 18.1 Å². The maximum Gasteiger partial charge on any atom is 0.129 e. The van der Waals surface area contributed by atoms with Crippen LogP contribution in [0, 0.1) is 11.8 Å². The third kappa shape index (κ3) is 4.66. The summed E-state index contributed by atoms with van der Waals surface area (Å²) in [6.07, 6.45) is 4.12. The fraction of sp³-hybridized carbons (Fsp3) is 0.750. The monoisotopic (exact) mass is 265 g/mol. The van der Waals surface area contributed by atoms with Crippen LogP contribution in [0.2, 0.25) is 0 Å². The number of hydrogen-bond acceptors (Lipinski definition) is 3. The SMILES string of the molecule is CCNCc1ccc(COC2CC(C)CC(C)C2)o1. The maximum atomic E-state index is 6.01. The van der Waals surface area contributed by atoms with E-state index in [-0.39, 0.29) is 0 Å². The summed E-state index contributed by atoms with van der Waals surface area (Å²) in [5.74, 6) is 3.51. The van der Waals surface area contributed by atoms with Gasteiger partial charge >= 0.3 is 0 Å². The molecule has 19 heavy (non-hydrogen) atoms. The molecule has 2 rings (SSSR count). The Bertz CT molecular complexity index is 365. The third-order valence-corrected chi connectivity index (χ3v) is 3.86. The van der Waals surface area contributed by atoms with Crippen molar-refractivity contribution in [3.63, 3.8) is 0 Å². The van der Waals surface area contributed by atoms with E-state index in [1.165, 1.54) is 19.3 Å². The van der Waals surface area contributed by atoms with Crippen LogP contribution >= 0.6 is 0 Å². The molecule has 0 spiro atoms. The topological polar surface area (TPSA) is 34.4 Å². The molecule has 2 atom stereocenters. The van der Waals surface area contributed by atoms with Crippen LogP contribution in [0.3, 0.4) is 0 Å². The molecule has 0 aromatic carbocycles. The fourth-order valence-corrected chi connectivity index (χ4v) is 3.05. The van der Waals surface area contributed by atoms with Crippen molar-refractivity contribution in [3.05, 3.63) is 23.7 Å². The van der Waals surface area contributed by atoms with Crippen molar-refractivity contribution in [1.29, 1.82) is 0 Å². The predicted octanol–water partition coefficient (Wildman–Crippen LogP) is 3.73. The minimum Gasteiger partial charge on any atom is -0.462 e. The van der Waals surface area contributed by atoms with E-state index in [0.717, 1.165) is 36.4 Å². The zero-order chi connectivity index (χ0) is 13.7. The molecule has 1 heterocycles. The van der Waals surface area contributed by atoms with Crippen LogP contribution < -0.4 is 5.32 Å². The molecule has 1 N–H and O–H groups in total. The second-order valence-corrected chi connectivity index (χ2v) is 6.00. The smallest absolute Gasteiger partial charge is 0.129 e. The molecule has 0 aliphatic heterocycles. The molecule has 0 amide bonds. The number of furan rings is 1. The molecule has 1 saturated carbocycles. The molecule has 0 saturated heterocycles. The quantitative estimate of drug-likeness (QED) is 0.851. The first-order chi connectivity index (χ1) is 9.17. The Balaban J connectivity index is 1.76. The van der Waals surface area contributed by atoms with Gasteiger partial charge in [0.05, 0.1) is 12.6 Å². The Morgan fingerprint density at radius 1 is 1.16 bits per heavy atom. The average molecular weight is 265 g/mol. The van der Waals surface area contributed by atoms with E-state index in [1.54, 1.807) is 0 Å². The van der Waals surface area contributed by atoms with Gasteiger partial charge in [-0.2, -0.15) is 0 Å². The van der Waals surface area contributed by atoms with Crippen LogP contribution in [0.1, 0.15) is 51.6 Å². The predicted molar refractivity (Wildman–Crippen MR) is 76.8 cm³/mol. The molecule has 1 aromatic rings. The van der Waals surface area contributed by atoms with Crippen molar-refractivity contribution in [2.45, 2.75) is 59.3 Å². The zero-order valence-corrected chi connectivity index (χ0v) is 12.4. The first-order valence-corrected chi connectivity index (χ1v) is 7.57. The molecular weight excluding hydrogens is 238 g/mol. The van der Waals surface area contributed by atoms with Crippen LogP contribution in [0.4, 0.5) is 0 Å². The molecule has 3 heteroatoms. The summed E-state index contributed by atoms with van der Waals surface area (Å²) >= 11 is 0. The summed E-state index contributed by atoms with van der Waals surface area (Å²) in [5, 5.41) is 3.26. The van der Waals surface area contributed by atoms with Crippen molar-refractivity contribution in [2.24, 2.45) is 11.8 Å². The number of nitrogens with one attached hydrogen (secondary N) is 1.